The molecule has 0 fully saturated rings. The maximum Gasteiger partial charge on any atom is 0.191 e. The fraction of sp³-hybridized carbons (Fsp3) is 0.889. The third-order valence-corrected chi connectivity index (χ3v) is 2.73. The molecule has 0 aromatic carbocycles. The molecule has 6 nitrogen and oxygen atoms in total. The number of sulfone groups is 1. The van der Waals surface area contributed by atoms with Crippen molar-refractivity contribution in [3.63, 3.8) is 0 Å². The van der Waals surface area contributed by atoms with Gasteiger partial charge in [0.2, 0.25) is 0 Å². The van der Waals surface area contributed by atoms with Gasteiger partial charge < -0.3 is 15.4 Å². The topological polar surface area (TPSA) is 79.8 Å². The van der Waals surface area contributed by atoms with Crippen molar-refractivity contribution in [2.45, 2.75) is 13.0 Å². The van der Waals surface area contributed by atoms with E-state index in [2.05, 4.69) is 15.6 Å². The molecule has 0 heterocycles. The molecule has 17 heavy (non-hydrogen) atoms. The molecule has 0 saturated heterocycles. The summed E-state index contributed by atoms with van der Waals surface area (Å²) in [6.07, 6.45) is 1.21. The summed E-state index contributed by atoms with van der Waals surface area (Å²) >= 11 is 0. The van der Waals surface area contributed by atoms with Crippen LogP contribution in [0.2, 0.25) is 0 Å². The highest BCUT2D eigenvalue weighted by Crippen LogP contribution is 1.83. The lowest BCUT2D eigenvalue weighted by molar-refractivity contribution is 0.179. The Kier molecular flexibility index (Phi) is 11.2. The zero-order chi connectivity index (χ0) is 12.6. The molecule has 0 aliphatic carbocycles. The normalized spacial score (nSPS) is 13.8. The van der Waals surface area contributed by atoms with Gasteiger partial charge in [0.25, 0.3) is 0 Å². The van der Waals surface area contributed by atoms with Crippen LogP contribution in [-0.4, -0.2) is 59.7 Å². The second-order valence-corrected chi connectivity index (χ2v) is 5.89. The van der Waals surface area contributed by atoms with Crippen molar-refractivity contribution in [1.29, 1.82) is 0 Å². The lowest BCUT2D eigenvalue weighted by Crippen LogP contribution is -2.45. The molecular formula is C9H22IN3O3S. The van der Waals surface area contributed by atoms with E-state index in [9.17, 15) is 8.42 Å². The van der Waals surface area contributed by atoms with Gasteiger partial charge in [-0.25, -0.2) is 8.42 Å². The van der Waals surface area contributed by atoms with Gasteiger partial charge in [0.05, 0.1) is 12.4 Å². The van der Waals surface area contributed by atoms with Crippen molar-refractivity contribution in [3.8, 4) is 0 Å². The van der Waals surface area contributed by atoms with Crippen molar-refractivity contribution < 1.29 is 13.2 Å². The Balaban J connectivity index is 0. The number of hydrogen-bond donors (Lipinski definition) is 2. The Morgan fingerprint density at radius 3 is 2.47 bits per heavy atom. The van der Waals surface area contributed by atoms with Crippen molar-refractivity contribution in [3.05, 3.63) is 0 Å². The minimum atomic E-state index is -2.94. The zero-order valence-corrected chi connectivity index (χ0v) is 13.8. The predicted octanol–water partition coefficient (Wildman–Crippen LogP) is -0.151. The maximum atomic E-state index is 10.9. The molecule has 0 aliphatic heterocycles. The highest BCUT2D eigenvalue weighted by atomic mass is 127. The van der Waals surface area contributed by atoms with Crippen LogP contribution in [0.15, 0.2) is 4.99 Å². The molecule has 1 atom stereocenters. The van der Waals surface area contributed by atoms with Crippen LogP contribution in [0, 0.1) is 0 Å². The van der Waals surface area contributed by atoms with Crippen LogP contribution in [0.3, 0.4) is 0 Å². The highest BCUT2D eigenvalue weighted by molar-refractivity contribution is 14.0. The van der Waals surface area contributed by atoms with E-state index in [1.807, 2.05) is 6.92 Å². The Bertz CT molecular complexity index is 319. The second kappa shape index (κ2) is 9.89. The smallest absolute Gasteiger partial charge is 0.191 e. The molecule has 1 unspecified atom stereocenters. The molecule has 0 amide bonds. The van der Waals surface area contributed by atoms with Crippen LogP contribution >= 0.6 is 24.0 Å². The number of rotatable bonds is 6. The number of halogens is 1. The summed E-state index contributed by atoms with van der Waals surface area (Å²) in [5.74, 6) is 0.667. The molecule has 0 aliphatic rings. The summed E-state index contributed by atoms with van der Waals surface area (Å²) in [5, 5.41) is 5.99. The minimum absolute atomic E-state index is 0. The minimum Gasteiger partial charge on any atom is -0.383 e. The molecular weight excluding hydrogens is 357 g/mol. The fourth-order valence-electron chi connectivity index (χ4n) is 1.07. The number of methoxy groups -OCH3 is 1. The fourth-order valence-corrected chi connectivity index (χ4v) is 1.55. The number of guanidine groups is 1. The van der Waals surface area contributed by atoms with Gasteiger partial charge in [-0.2, -0.15) is 0 Å². The average molecular weight is 379 g/mol. The van der Waals surface area contributed by atoms with E-state index in [-0.39, 0.29) is 35.8 Å². The van der Waals surface area contributed by atoms with Gasteiger partial charge in [0.1, 0.15) is 9.84 Å². The first kappa shape index (κ1) is 19.3. The number of hydrogen-bond acceptors (Lipinski definition) is 4. The summed E-state index contributed by atoms with van der Waals surface area (Å²) < 4.78 is 26.8. The number of nitrogens with zero attached hydrogens (tertiary/aromatic N) is 1. The van der Waals surface area contributed by atoms with Gasteiger partial charge in [-0.05, 0) is 6.92 Å². The average Bonchev–Trinajstić information content (AvgIpc) is 2.14. The Morgan fingerprint density at radius 1 is 1.47 bits per heavy atom. The first-order valence-electron chi connectivity index (χ1n) is 5.03. The SMILES string of the molecule is CN=C(NCCS(C)(=O)=O)NC(C)COC.I. The summed E-state index contributed by atoms with van der Waals surface area (Å²) in [5.41, 5.74) is 0. The van der Waals surface area contributed by atoms with Gasteiger partial charge in [-0.15, -0.1) is 24.0 Å². The van der Waals surface area contributed by atoms with Crippen molar-refractivity contribution in [2.24, 2.45) is 4.99 Å². The van der Waals surface area contributed by atoms with E-state index in [0.717, 1.165) is 0 Å². The summed E-state index contributed by atoms with van der Waals surface area (Å²) in [7, 11) is 0.321. The Morgan fingerprint density at radius 2 is 2.06 bits per heavy atom. The van der Waals surface area contributed by atoms with Crippen LogP contribution in [-0.2, 0) is 14.6 Å². The lowest BCUT2D eigenvalue weighted by atomic mass is 10.4. The van der Waals surface area contributed by atoms with E-state index < -0.39 is 9.84 Å². The van der Waals surface area contributed by atoms with E-state index in [1.165, 1.54) is 6.26 Å². The van der Waals surface area contributed by atoms with Gasteiger partial charge >= 0.3 is 0 Å². The molecule has 0 aromatic heterocycles. The molecule has 8 heteroatoms. The monoisotopic (exact) mass is 379 g/mol. The molecule has 2 N–H and O–H groups in total. The molecule has 0 rings (SSSR count). The third-order valence-electron chi connectivity index (χ3n) is 1.79. The first-order valence-corrected chi connectivity index (χ1v) is 7.09. The maximum absolute atomic E-state index is 10.9. The van der Waals surface area contributed by atoms with Crippen LogP contribution in [0.5, 0.6) is 0 Å². The molecule has 0 bridgehead atoms. The van der Waals surface area contributed by atoms with Gasteiger partial charge in [0.15, 0.2) is 5.96 Å². The molecule has 0 aromatic rings. The summed E-state index contributed by atoms with van der Waals surface area (Å²) in [6.45, 7) is 2.86. The Hall–Kier alpha value is -0.0900. The highest BCUT2D eigenvalue weighted by Gasteiger charge is 2.06. The van der Waals surface area contributed by atoms with Gasteiger partial charge in [-0.3, -0.25) is 4.99 Å². The van der Waals surface area contributed by atoms with Gasteiger partial charge in [-0.1, -0.05) is 0 Å². The van der Waals surface area contributed by atoms with Crippen LogP contribution in [0.4, 0.5) is 0 Å². The standard InChI is InChI=1S/C9H21N3O3S.HI/c1-8(7-15-3)12-9(10-2)11-5-6-16(4,13)14;/h8H,5-7H2,1-4H3,(H2,10,11,12);1H. The van der Waals surface area contributed by atoms with Crippen molar-refractivity contribution >= 4 is 39.8 Å². The van der Waals surface area contributed by atoms with Crippen molar-refractivity contribution in [2.75, 3.05) is 39.3 Å². The van der Waals surface area contributed by atoms with Crippen LogP contribution in [0.25, 0.3) is 0 Å². The largest absolute Gasteiger partial charge is 0.383 e. The third kappa shape index (κ3) is 12.2. The van der Waals surface area contributed by atoms with E-state index in [0.29, 0.717) is 19.1 Å². The molecule has 0 spiro atoms. The molecule has 0 saturated carbocycles. The lowest BCUT2D eigenvalue weighted by Gasteiger charge is -2.16. The molecule has 0 radical (unpaired) electrons. The second-order valence-electron chi connectivity index (χ2n) is 3.63. The van der Waals surface area contributed by atoms with E-state index in [1.54, 1.807) is 14.2 Å². The zero-order valence-electron chi connectivity index (χ0n) is 10.7. The first-order chi connectivity index (χ1) is 7.39. The van der Waals surface area contributed by atoms with Gasteiger partial charge in [0, 0.05) is 33.0 Å². The van der Waals surface area contributed by atoms with E-state index in [4.69, 9.17) is 4.74 Å². The van der Waals surface area contributed by atoms with E-state index >= 15 is 0 Å². The number of nitrogens with one attached hydrogen (secondary N) is 2. The number of ether oxygens (including phenoxy) is 1. The quantitative estimate of drug-likeness (QED) is 0.381. The Labute approximate surface area is 121 Å². The summed E-state index contributed by atoms with van der Waals surface area (Å²) in [4.78, 5) is 3.97. The summed E-state index contributed by atoms with van der Waals surface area (Å²) in [6, 6.07) is 0.120. The van der Waals surface area contributed by atoms with Crippen molar-refractivity contribution in [1.82, 2.24) is 10.6 Å². The molecule has 104 valence electrons. The van der Waals surface area contributed by atoms with Crippen LogP contribution in [0.1, 0.15) is 6.92 Å². The number of aliphatic imine (C=N–C) groups is 1. The van der Waals surface area contributed by atoms with Crippen LogP contribution < -0.4 is 10.6 Å². The predicted molar refractivity (Wildman–Crippen MR) is 81.0 cm³/mol.